The number of nitrogens with zero attached hydrogens (tertiary/aromatic N) is 3. The quantitative estimate of drug-likeness (QED) is 0.206. The Hall–Kier alpha value is -5.73. The minimum atomic E-state index is -0.621. The molecule has 0 amide bonds. The van der Waals surface area contributed by atoms with Gasteiger partial charge in [0.05, 0.1) is 34.0 Å². The van der Waals surface area contributed by atoms with Crippen LogP contribution in [0.25, 0.3) is 49.0 Å². The Balaban J connectivity index is 1.45. The fraction of sp³-hybridized carbons (Fsp3) is 0. The average molecular weight is 546 g/mol. The Labute approximate surface area is 240 Å². The maximum atomic E-state index is 14.4. The number of benzene rings is 7. The van der Waals surface area contributed by atoms with Gasteiger partial charge in [-0.1, -0.05) is 54.6 Å². The summed E-state index contributed by atoms with van der Waals surface area (Å²) in [6.45, 7) is 0. The van der Waals surface area contributed by atoms with Crippen molar-refractivity contribution < 1.29 is 8.78 Å². The van der Waals surface area contributed by atoms with Crippen LogP contribution in [-0.2, 0) is 0 Å². The van der Waals surface area contributed by atoms with Crippen LogP contribution >= 0.6 is 0 Å². The first-order valence-corrected chi connectivity index (χ1v) is 13.6. The topological polar surface area (TPSA) is 32.0 Å². The predicted octanol–water partition coefficient (Wildman–Crippen LogP) is 10.1. The summed E-state index contributed by atoms with van der Waals surface area (Å²) in [5, 5.41) is 15.8. The summed E-state index contributed by atoms with van der Waals surface area (Å²) in [5.74, 6) is -1.24. The van der Waals surface area contributed by atoms with Gasteiger partial charge in [-0.05, 0) is 82.9 Å². The summed E-state index contributed by atoms with van der Waals surface area (Å²) < 4.78 is 30.8. The molecule has 42 heavy (non-hydrogen) atoms. The van der Waals surface area contributed by atoms with Gasteiger partial charge in [0.15, 0.2) is 0 Å². The Morgan fingerprint density at radius 3 is 2.05 bits per heavy atom. The Bertz CT molecular complexity index is 2330. The van der Waals surface area contributed by atoms with E-state index >= 15 is 0 Å². The van der Waals surface area contributed by atoms with E-state index in [0.29, 0.717) is 11.3 Å². The van der Waals surface area contributed by atoms with Crippen molar-refractivity contribution in [2.75, 3.05) is 4.90 Å². The molecule has 0 aliphatic heterocycles. The molecule has 0 saturated heterocycles. The van der Waals surface area contributed by atoms with Gasteiger partial charge in [-0.25, -0.2) is 8.78 Å². The lowest BCUT2D eigenvalue weighted by molar-refractivity contribution is 0.582. The van der Waals surface area contributed by atoms with Crippen LogP contribution in [-0.4, -0.2) is 4.57 Å². The van der Waals surface area contributed by atoms with Gasteiger partial charge in [0, 0.05) is 33.6 Å². The fourth-order valence-electron chi connectivity index (χ4n) is 6.24. The van der Waals surface area contributed by atoms with Crippen LogP contribution in [0.4, 0.5) is 25.8 Å². The van der Waals surface area contributed by atoms with Crippen molar-refractivity contribution in [2.45, 2.75) is 0 Å². The second-order valence-electron chi connectivity index (χ2n) is 10.5. The SMILES string of the molecule is N#Cc1ccc(N(c2ccc3ccccc3c2)c2ccc3c4c2ccc2cccc(c24)n3-c2cc(F)cc(F)c2)cc1. The molecule has 3 nitrogen and oxygen atoms in total. The van der Waals surface area contributed by atoms with E-state index in [4.69, 9.17) is 0 Å². The van der Waals surface area contributed by atoms with Crippen LogP contribution in [0.2, 0.25) is 0 Å². The lowest BCUT2D eigenvalue weighted by atomic mass is 9.99. The predicted molar refractivity (Wildman–Crippen MR) is 166 cm³/mol. The Morgan fingerprint density at radius 2 is 1.26 bits per heavy atom. The first kappa shape index (κ1) is 24.1. The molecule has 0 atom stereocenters. The second kappa shape index (κ2) is 9.15. The fourth-order valence-corrected chi connectivity index (χ4v) is 6.24. The molecule has 0 saturated carbocycles. The van der Waals surface area contributed by atoms with E-state index in [2.05, 4.69) is 65.6 Å². The first-order valence-electron chi connectivity index (χ1n) is 13.6. The zero-order chi connectivity index (χ0) is 28.4. The molecule has 198 valence electrons. The molecule has 8 aromatic rings. The molecule has 5 heteroatoms. The van der Waals surface area contributed by atoms with E-state index in [1.165, 1.54) is 12.1 Å². The molecular formula is C37H21F2N3. The first-order chi connectivity index (χ1) is 20.6. The van der Waals surface area contributed by atoms with Gasteiger partial charge in [0.25, 0.3) is 0 Å². The molecule has 0 fully saturated rings. The van der Waals surface area contributed by atoms with Gasteiger partial charge in [-0.2, -0.15) is 5.26 Å². The molecule has 0 bridgehead atoms. The number of halogens is 2. The molecule has 7 aromatic carbocycles. The van der Waals surface area contributed by atoms with Gasteiger partial charge in [-0.15, -0.1) is 0 Å². The lowest BCUT2D eigenvalue weighted by Gasteiger charge is -2.27. The number of anilines is 3. The van der Waals surface area contributed by atoms with Crippen molar-refractivity contribution in [3.63, 3.8) is 0 Å². The monoisotopic (exact) mass is 545 g/mol. The number of fused-ring (bicyclic) bond motifs is 1. The van der Waals surface area contributed by atoms with E-state index < -0.39 is 11.6 Å². The highest BCUT2D eigenvalue weighted by atomic mass is 19.1. The summed E-state index contributed by atoms with van der Waals surface area (Å²) in [5.41, 5.74) is 5.61. The van der Waals surface area contributed by atoms with Crippen LogP contribution in [0.3, 0.4) is 0 Å². The van der Waals surface area contributed by atoms with Gasteiger partial charge in [0.1, 0.15) is 11.6 Å². The number of hydrogen-bond donors (Lipinski definition) is 0. The van der Waals surface area contributed by atoms with Crippen LogP contribution < -0.4 is 4.90 Å². The Morgan fingerprint density at radius 1 is 0.571 bits per heavy atom. The van der Waals surface area contributed by atoms with E-state index in [1.807, 2.05) is 59.2 Å². The van der Waals surface area contributed by atoms with Crippen molar-refractivity contribution in [2.24, 2.45) is 0 Å². The minimum absolute atomic E-state index is 0.434. The highest BCUT2D eigenvalue weighted by Crippen LogP contribution is 2.46. The highest BCUT2D eigenvalue weighted by molar-refractivity contribution is 6.27. The van der Waals surface area contributed by atoms with Gasteiger partial charge < -0.3 is 9.47 Å². The average Bonchev–Trinajstić information content (AvgIpc) is 3.36. The highest BCUT2D eigenvalue weighted by Gasteiger charge is 2.22. The Kier molecular flexibility index (Phi) is 5.25. The lowest BCUT2D eigenvalue weighted by Crippen LogP contribution is -2.10. The van der Waals surface area contributed by atoms with Crippen molar-refractivity contribution >= 4 is 60.4 Å². The van der Waals surface area contributed by atoms with Crippen LogP contribution in [0.1, 0.15) is 5.56 Å². The van der Waals surface area contributed by atoms with Gasteiger partial charge >= 0.3 is 0 Å². The molecule has 0 N–H and O–H groups in total. The third-order valence-electron chi connectivity index (χ3n) is 8.03. The summed E-state index contributed by atoms with van der Waals surface area (Å²) in [6, 6.07) is 42.4. The van der Waals surface area contributed by atoms with E-state index in [9.17, 15) is 14.0 Å². The van der Waals surface area contributed by atoms with E-state index in [-0.39, 0.29) is 0 Å². The third kappa shape index (κ3) is 3.63. The number of aromatic nitrogens is 1. The van der Waals surface area contributed by atoms with Crippen molar-refractivity contribution in [3.05, 3.63) is 145 Å². The minimum Gasteiger partial charge on any atom is -0.310 e. The van der Waals surface area contributed by atoms with Crippen LogP contribution in [0.5, 0.6) is 0 Å². The smallest absolute Gasteiger partial charge is 0.128 e. The molecule has 0 unspecified atom stereocenters. The van der Waals surface area contributed by atoms with Crippen molar-refractivity contribution in [1.82, 2.24) is 4.57 Å². The molecule has 1 heterocycles. The van der Waals surface area contributed by atoms with E-state index in [1.54, 1.807) is 0 Å². The van der Waals surface area contributed by atoms with E-state index in [0.717, 1.165) is 66.5 Å². The largest absolute Gasteiger partial charge is 0.310 e. The van der Waals surface area contributed by atoms with Gasteiger partial charge in [0.2, 0.25) is 0 Å². The van der Waals surface area contributed by atoms with Crippen molar-refractivity contribution in [1.29, 1.82) is 5.26 Å². The maximum absolute atomic E-state index is 14.4. The summed E-state index contributed by atoms with van der Waals surface area (Å²) in [7, 11) is 0. The number of nitriles is 1. The third-order valence-corrected chi connectivity index (χ3v) is 8.03. The van der Waals surface area contributed by atoms with Crippen LogP contribution in [0, 0.1) is 23.0 Å². The number of hydrogen-bond acceptors (Lipinski definition) is 2. The molecule has 0 aliphatic rings. The normalized spacial score (nSPS) is 11.5. The molecule has 8 rings (SSSR count). The molecular weight excluding hydrogens is 524 g/mol. The zero-order valence-electron chi connectivity index (χ0n) is 22.2. The maximum Gasteiger partial charge on any atom is 0.128 e. The molecule has 1 aromatic heterocycles. The summed E-state index contributed by atoms with van der Waals surface area (Å²) in [6.07, 6.45) is 0. The van der Waals surface area contributed by atoms with Crippen molar-refractivity contribution in [3.8, 4) is 11.8 Å². The summed E-state index contributed by atoms with van der Waals surface area (Å²) >= 11 is 0. The molecule has 0 aliphatic carbocycles. The molecule has 0 radical (unpaired) electrons. The van der Waals surface area contributed by atoms with Gasteiger partial charge in [-0.3, -0.25) is 0 Å². The van der Waals surface area contributed by atoms with Crippen LogP contribution in [0.15, 0.2) is 127 Å². The summed E-state index contributed by atoms with van der Waals surface area (Å²) in [4.78, 5) is 2.20. The standard InChI is InChI=1S/C37H21F2N3/c38-27-19-28(39)21-31(20-27)42-34-7-3-6-25-11-15-32-33(16-17-35(42)37(32)36(25)34)41(29-12-8-23(22-40)9-13-29)30-14-10-24-4-1-2-5-26(24)18-30/h1-21H. The number of rotatable bonds is 4. The molecule has 0 spiro atoms. The zero-order valence-corrected chi connectivity index (χ0v) is 22.2. The second-order valence-corrected chi connectivity index (χ2v) is 10.5.